The molecule has 4 rings (SSSR count). The van der Waals surface area contributed by atoms with Crippen LogP contribution in [0.1, 0.15) is 17.9 Å². The van der Waals surface area contributed by atoms with Crippen LogP contribution < -0.4 is 20.3 Å². The van der Waals surface area contributed by atoms with Crippen LogP contribution in [0.5, 0.6) is 5.75 Å². The highest BCUT2D eigenvalue weighted by Gasteiger charge is 2.34. The van der Waals surface area contributed by atoms with Gasteiger partial charge < -0.3 is 15.4 Å². The summed E-state index contributed by atoms with van der Waals surface area (Å²) in [5, 5.41) is 5.35. The van der Waals surface area contributed by atoms with E-state index in [4.69, 9.17) is 4.74 Å². The van der Waals surface area contributed by atoms with Gasteiger partial charge in [-0.2, -0.15) is 0 Å². The standard InChI is InChI=1S/C24H22FN3O3S/c1-2-31-21-12-8-18(9-13-21)26-24(30)27-19-5-3-4-16(14-19)23-28(22(29)15-32-23)20-10-6-17(25)7-11-20/h3-14,23H,2,15H2,1H3,(H2,26,27,30)/t23-/m0/s1. The lowest BCUT2D eigenvalue weighted by atomic mass is 10.1. The Morgan fingerprint density at radius 1 is 1.06 bits per heavy atom. The second-order valence-corrected chi connectivity index (χ2v) is 8.13. The topological polar surface area (TPSA) is 70.7 Å². The van der Waals surface area contributed by atoms with Crippen LogP contribution in [0.4, 0.5) is 26.2 Å². The normalized spacial score (nSPS) is 15.5. The first kappa shape index (κ1) is 21.7. The van der Waals surface area contributed by atoms with Gasteiger partial charge in [0.15, 0.2) is 0 Å². The van der Waals surface area contributed by atoms with Gasteiger partial charge in [-0.1, -0.05) is 12.1 Å². The van der Waals surface area contributed by atoms with Crippen molar-refractivity contribution < 1.29 is 18.7 Å². The smallest absolute Gasteiger partial charge is 0.323 e. The Hall–Kier alpha value is -3.52. The van der Waals surface area contributed by atoms with Gasteiger partial charge >= 0.3 is 6.03 Å². The molecule has 1 atom stereocenters. The first-order chi connectivity index (χ1) is 15.5. The molecule has 3 aromatic carbocycles. The second-order valence-electron chi connectivity index (χ2n) is 7.07. The first-order valence-electron chi connectivity index (χ1n) is 10.1. The molecule has 6 nitrogen and oxygen atoms in total. The Kier molecular flexibility index (Phi) is 6.61. The Morgan fingerprint density at radius 2 is 1.78 bits per heavy atom. The molecule has 0 aromatic heterocycles. The van der Waals surface area contributed by atoms with Crippen molar-refractivity contribution in [1.29, 1.82) is 0 Å². The molecule has 1 saturated heterocycles. The molecule has 3 amide bonds. The van der Waals surface area contributed by atoms with Gasteiger partial charge in [-0.05, 0) is 73.2 Å². The summed E-state index contributed by atoms with van der Waals surface area (Å²) in [5.74, 6) is 0.672. The molecule has 32 heavy (non-hydrogen) atoms. The zero-order valence-electron chi connectivity index (χ0n) is 17.4. The van der Waals surface area contributed by atoms with Crippen LogP contribution in [0, 0.1) is 5.82 Å². The van der Waals surface area contributed by atoms with E-state index in [0.29, 0.717) is 29.4 Å². The number of rotatable bonds is 6. The monoisotopic (exact) mass is 451 g/mol. The quantitative estimate of drug-likeness (QED) is 0.508. The van der Waals surface area contributed by atoms with Gasteiger partial charge in [0.2, 0.25) is 5.91 Å². The molecule has 0 radical (unpaired) electrons. The maximum absolute atomic E-state index is 13.3. The number of anilines is 3. The van der Waals surface area contributed by atoms with Gasteiger partial charge in [0.1, 0.15) is 16.9 Å². The van der Waals surface area contributed by atoms with Crippen molar-refractivity contribution in [2.45, 2.75) is 12.3 Å². The lowest BCUT2D eigenvalue weighted by Crippen LogP contribution is -2.27. The zero-order valence-corrected chi connectivity index (χ0v) is 18.2. The van der Waals surface area contributed by atoms with Gasteiger partial charge in [-0.25, -0.2) is 9.18 Å². The molecule has 0 spiro atoms. The molecule has 1 aliphatic rings. The van der Waals surface area contributed by atoms with Crippen LogP contribution in [0.15, 0.2) is 72.8 Å². The van der Waals surface area contributed by atoms with E-state index in [9.17, 15) is 14.0 Å². The van der Waals surface area contributed by atoms with Crippen LogP contribution >= 0.6 is 11.8 Å². The molecule has 1 aliphatic heterocycles. The molecule has 164 valence electrons. The number of urea groups is 1. The lowest BCUT2D eigenvalue weighted by molar-refractivity contribution is -0.115. The highest BCUT2D eigenvalue weighted by molar-refractivity contribution is 8.00. The van der Waals surface area contributed by atoms with Crippen LogP contribution in [0.25, 0.3) is 0 Å². The molecule has 0 saturated carbocycles. The van der Waals surface area contributed by atoms with E-state index in [1.54, 1.807) is 47.4 Å². The van der Waals surface area contributed by atoms with Crippen molar-refractivity contribution >= 4 is 40.8 Å². The van der Waals surface area contributed by atoms with Crippen molar-refractivity contribution in [2.75, 3.05) is 27.9 Å². The Morgan fingerprint density at radius 3 is 2.50 bits per heavy atom. The number of amides is 3. The van der Waals surface area contributed by atoms with Crippen molar-refractivity contribution in [1.82, 2.24) is 0 Å². The SMILES string of the molecule is CCOc1ccc(NC(=O)Nc2cccc([C@@H]3SCC(=O)N3c3ccc(F)cc3)c2)cc1. The minimum atomic E-state index is -0.378. The summed E-state index contributed by atoms with van der Waals surface area (Å²) in [6.45, 7) is 2.49. The highest BCUT2D eigenvalue weighted by atomic mass is 32.2. The largest absolute Gasteiger partial charge is 0.494 e. The van der Waals surface area contributed by atoms with E-state index < -0.39 is 0 Å². The molecular formula is C24H22FN3O3S. The van der Waals surface area contributed by atoms with Crippen molar-refractivity contribution in [3.8, 4) is 5.75 Å². The fourth-order valence-corrected chi connectivity index (χ4v) is 4.58. The van der Waals surface area contributed by atoms with E-state index in [2.05, 4.69) is 10.6 Å². The maximum atomic E-state index is 13.3. The van der Waals surface area contributed by atoms with E-state index in [1.165, 1.54) is 23.9 Å². The first-order valence-corrected chi connectivity index (χ1v) is 11.2. The minimum absolute atomic E-state index is 0.0433. The molecule has 2 N–H and O–H groups in total. The molecule has 1 fully saturated rings. The molecule has 0 bridgehead atoms. The number of nitrogens with one attached hydrogen (secondary N) is 2. The summed E-state index contributed by atoms with van der Waals surface area (Å²) >= 11 is 1.49. The minimum Gasteiger partial charge on any atom is -0.494 e. The van der Waals surface area contributed by atoms with E-state index in [-0.39, 0.29) is 23.1 Å². The number of halogens is 1. The number of thioether (sulfide) groups is 1. The van der Waals surface area contributed by atoms with Gasteiger partial charge in [0.25, 0.3) is 0 Å². The van der Waals surface area contributed by atoms with E-state index >= 15 is 0 Å². The molecule has 1 heterocycles. The summed E-state index contributed by atoms with van der Waals surface area (Å²) in [6.07, 6.45) is 0. The summed E-state index contributed by atoms with van der Waals surface area (Å²) < 4.78 is 18.7. The third-order valence-corrected chi connectivity index (χ3v) is 6.04. The molecule has 0 unspecified atom stereocenters. The Bertz CT molecular complexity index is 1110. The average Bonchev–Trinajstić information content (AvgIpc) is 3.17. The van der Waals surface area contributed by atoms with Gasteiger partial charge in [-0.3, -0.25) is 9.69 Å². The average molecular weight is 452 g/mol. The number of hydrogen-bond acceptors (Lipinski definition) is 4. The number of carbonyl (C=O) groups is 2. The molecular weight excluding hydrogens is 429 g/mol. The van der Waals surface area contributed by atoms with Crippen molar-refractivity contribution in [3.63, 3.8) is 0 Å². The molecule has 0 aliphatic carbocycles. The number of carbonyl (C=O) groups excluding carboxylic acids is 2. The predicted octanol–water partition coefficient (Wildman–Crippen LogP) is 5.65. The van der Waals surface area contributed by atoms with E-state index in [1.807, 2.05) is 25.1 Å². The maximum Gasteiger partial charge on any atom is 0.323 e. The lowest BCUT2D eigenvalue weighted by Gasteiger charge is -2.24. The number of ether oxygens (including phenoxy) is 1. The van der Waals surface area contributed by atoms with Gasteiger partial charge in [-0.15, -0.1) is 11.8 Å². The molecule has 3 aromatic rings. The summed E-state index contributed by atoms with van der Waals surface area (Å²) in [5.41, 5.74) is 2.74. The van der Waals surface area contributed by atoms with Crippen LogP contribution in [-0.2, 0) is 4.79 Å². The fourth-order valence-electron chi connectivity index (χ4n) is 3.42. The van der Waals surface area contributed by atoms with Crippen LogP contribution in [0.2, 0.25) is 0 Å². The number of hydrogen-bond donors (Lipinski definition) is 2. The third kappa shape index (κ3) is 5.03. The van der Waals surface area contributed by atoms with Gasteiger partial charge in [0, 0.05) is 17.1 Å². The van der Waals surface area contributed by atoms with Crippen LogP contribution in [0.3, 0.4) is 0 Å². The zero-order chi connectivity index (χ0) is 22.5. The fraction of sp³-hybridized carbons (Fsp3) is 0.167. The summed E-state index contributed by atoms with van der Waals surface area (Å²) in [4.78, 5) is 26.6. The second kappa shape index (κ2) is 9.74. The number of benzene rings is 3. The third-order valence-electron chi connectivity index (χ3n) is 4.83. The summed E-state index contributed by atoms with van der Waals surface area (Å²) in [7, 11) is 0. The number of nitrogens with zero attached hydrogens (tertiary/aromatic N) is 1. The predicted molar refractivity (Wildman–Crippen MR) is 126 cm³/mol. The van der Waals surface area contributed by atoms with Crippen LogP contribution in [-0.4, -0.2) is 24.3 Å². The van der Waals surface area contributed by atoms with Crippen molar-refractivity contribution in [3.05, 3.63) is 84.2 Å². The highest BCUT2D eigenvalue weighted by Crippen LogP contribution is 2.42. The van der Waals surface area contributed by atoms with Gasteiger partial charge in [0.05, 0.1) is 12.4 Å². The van der Waals surface area contributed by atoms with Crippen molar-refractivity contribution in [2.24, 2.45) is 0 Å². The molecule has 8 heteroatoms. The van der Waals surface area contributed by atoms with E-state index in [0.717, 1.165) is 11.3 Å². The summed E-state index contributed by atoms with van der Waals surface area (Å²) in [6, 6.07) is 20.0. The Balaban J connectivity index is 1.46. The Labute approximate surface area is 189 Å².